The number of esters is 1. The maximum Gasteiger partial charge on any atom is 0.416 e. The third kappa shape index (κ3) is 4.75. The molecular weight excluding hydrogens is 455 g/mol. The molecule has 0 spiro atoms. The van der Waals surface area contributed by atoms with E-state index in [1.54, 1.807) is 24.4 Å². The van der Waals surface area contributed by atoms with E-state index in [-0.39, 0.29) is 35.7 Å². The van der Waals surface area contributed by atoms with E-state index in [1.165, 1.54) is 6.07 Å². The maximum atomic E-state index is 13.1. The largest absolute Gasteiger partial charge is 0.462 e. The summed E-state index contributed by atoms with van der Waals surface area (Å²) in [6.07, 6.45) is 4.23. The van der Waals surface area contributed by atoms with E-state index < -0.39 is 17.3 Å². The number of pyridine rings is 1. The van der Waals surface area contributed by atoms with E-state index >= 15 is 0 Å². The number of aromatic nitrogens is 1. The second kappa shape index (κ2) is 8.77. The number of hydrogen-bond donors (Lipinski definition) is 1. The molecule has 35 heavy (non-hydrogen) atoms. The van der Waals surface area contributed by atoms with Gasteiger partial charge in [0.25, 0.3) is 0 Å². The molecule has 3 aliphatic rings. The highest BCUT2D eigenvalue weighted by Crippen LogP contribution is 2.55. The number of carbonyl (C=O) groups excluding carboxylic acids is 1. The molecule has 2 aliphatic carbocycles. The van der Waals surface area contributed by atoms with Gasteiger partial charge in [0.2, 0.25) is 0 Å². The number of aliphatic hydroxyl groups is 1. The molecule has 3 fully saturated rings. The Bertz CT molecular complexity index is 1130. The van der Waals surface area contributed by atoms with Crippen molar-refractivity contribution in [3.63, 3.8) is 0 Å². The molecule has 6 unspecified atom stereocenters. The number of nitrogens with zero attached hydrogens (tertiary/aromatic N) is 1. The van der Waals surface area contributed by atoms with Crippen LogP contribution in [0.4, 0.5) is 13.2 Å². The number of carbonyl (C=O) groups is 1. The molecule has 7 heteroatoms. The zero-order valence-electron chi connectivity index (χ0n) is 19.8. The summed E-state index contributed by atoms with van der Waals surface area (Å²) < 4.78 is 44.8. The molecule has 1 aromatic carbocycles. The molecule has 7 atom stereocenters. The normalized spacial score (nSPS) is 35.0. The number of halogens is 3. The van der Waals surface area contributed by atoms with Gasteiger partial charge in [-0.3, -0.25) is 9.78 Å². The maximum absolute atomic E-state index is 13.1. The molecule has 0 bridgehead atoms. The molecule has 1 aromatic heterocycles. The van der Waals surface area contributed by atoms with Gasteiger partial charge in [-0.25, -0.2) is 0 Å². The average Bonchev–Trinajstić information content (AvgIpc) is 3.09. The lowest BCUT2D eigenvalue weighted by atomic mass is 9.55. The summed E-state index contributed by atoms with van der Waals surface area (Å²) in [6, 6.07) is 8.80. The number of ether oxygens (including phenoxy) is 1. The van der Waals surface area contributed by atoms with E-state index in [0.29, 0.717) is 29.2 Å². The Balaban J connectivity index is 1.38. The number of cyclic esters (lactones) is 1. The van der Waals surface area contributed by atoms with Gasteiger partial charge in [-0.2, -0.15) is 13.2 Å². The van der Waals surface area contributed by atoms with Crippen LogP contribution in [0.5, 0.6) is 0 Å². The topological polar surface area (TPSA) is 59.4 Å². The predicted molar refractivity (Wildman–Crippen MR) is 126 cm³/mol. The number of alkyl halides is 3. The van der Waals surface area contributed by atoms with E-state index in [2.05, 4.69) is 11.1 Å². The first kappa shape index (κ1) is 24.0. The fourth-order valence-corrected chi connectivity index (χ4v) is 6.61. The quantitative estimate of drug-likeness (QED) is 0.530. The number of allylic oxidation sites excluding steroid dienone is 1. The van der Waals surface area contributed by atoms with Crippen LogP contribution in [0.15, 0.2) is 48.7 Å². The van der Waals surface area contributed by atoms with Crippen molar-refractivity contribution >= 4 is 12.0 Å². The van der Waals surface area contributed by atoms with Crippen LogP contribution in [-0.2, 0) is 15.7 Å². The molecule has 2 saturated carbocycles. The zero-order chi connectivity index (χ0) is 25.0. The van der Waals surface area contributed by atoms with Crippen LogP contribution in [0.2, 0.25) is 0 Å². The van der Waals surface area contributed by atoms with Crippen molar-refractivity contribution in [3.05, 3.63) is 59.9 Å². The van der Waals surface area contributed by atoms with E-state index in [1.807, 2.05) is 19.9 Å². The molecule has 1 aliphatic heterocycles. The Morgan fingerprint density at radius 2 is 2.00 bits per heavy atom. The summed E-state index contributed by atoms with van der Waals surface area (Å²) in [5.74, 6) is 0.602. The van der Waals surface area contributed by atoms with Crippen molar-refractivity contribution in [2.45, 2.75) is 57.4 Å². The van der Waals surface area contributed by atoms with Gasteiger partial charge in [0.05, 0.1) is 22.8 Å². The van der Waals surface area contributed by atoms with Gasteiger partial charge >= 0.3 is 12.1 Å². The average molecular weight is 486 g/mol. The first-order valence-corrected chi connectivity index (χ1v) is 12.3. The lowest BCUT2D eigenvalue weighted by Crippen LogP contribution is -2.47. The van der Waals surface area contributed by atoms with Gasteiger partial charge in [0, 0.05) is 17.7 Å². The van der Waals surface area contributed by atoms with E-state index in [0.717, 1.165) is 31.4 Å². The summed E-state index contributed by atoms with van der Waals surface area (Å²) in [5.41, 5.74) is 0.404. The molecular formula is C28H30F3NO3. The summed E-state index contributed by atoms with van der Waals surface area (Å²) in [5, 5.41) is 10.6. The highest BCUT2D eigenvalue weighted by atomic mass is 19.4. The predicted octanol–water partition coefficient (Wildman–Crippen LogP) is 6.15. The highest BCUT2D eigenvalue weighted by molar-refractivity contribution is 5.75. The fraction of sp³-hybridized carbons (Fsp3) is 0.500. The second-order valence-electron chi connectivity index (χ2n) is 10.7. The Morgan fingerprint density at radius 1 is 1.20 bits per heavy atom. The summed E-state index contributed by atoms with van der Waals surface area (Å²) in [4.78, 5) is 17.0. The Labute approximate surface area is 203 Å². The summed E-state index contributed by atoms with van der Waals surface area (Å²) >= 11 is 0. The molecule has 186 valence electrons. The van der Waals surface area contributed by atoms with E-state index in [4.69, 9.17) is 4.74 Å². The Morgan fingerprint density at radius 3 is 2.71 bits per heavy atom. The molecule has 5 rings (SSSR count). The molecule has 1 N–H and O–H groups in total. The first-order valence-electron chi connectivity index (χ1n) is 12.3. The fourth-order valence-electron chi connectivity index (χ4n) is 6.61. The van der Waals surface area contributed by atoms with Gasteiger partial charge in [0.1, 0.15) is 6.10 Å². The number of fused-ring (bicyclic) bond motifs is 2. The van der Waals surface area contributed by atoms with Crippen LogP contribution < -0.4 is 0 Å². The minimum absolute atomic E-state index is 0.104. The summed E-state index contributed by atoms with van der Waals surface area (Å²) in [7, 11) is 0. The Kier molecular flexibility index (Phi) is 6.02. The van der Waals surface area contributed by atoms with Gasteiger partial charge in [0.15, 0.2) is 0 Å². The van der Waals surface area contributed by atoms with Crippen LogP contribution in [0.3, 0.4) is 0 Å². The molecule has 1 saturated heterocycles. The summed E-state index contributed by atoms with van der Waals surface area (Å²) in [6.45, 7) is 3.84. The van der Waals surface area contributed by atoms with Crippen molar-refractivity contribution in [1.82, 2.24) is 4.98 Å². The molecule has 0 radical (unpaired) electrons. The SMILES string of the molecule is C[C@H]1OC(=O)C2CC3CC(C)(O)CCC3C(/C=C/c3ccc(-c4cccc(C(F)(F)F)c4)cn3)C21. The van der Waals surface area contributed by atoms with Crippen LogP contribution in [0, 0.1) is 29.6 Å². The van der Waals surface area contributed by atoms with Crippen LogP contribution in [0.25, 0.3) is 17.2 Å². The van der Waals surface area contributed by atoms with Crippen molar-refractivity contribution in [1.29, 1.82) is 0 Å². The van der Waals surface area contributed by atoms with Gasteiger partial charge in [-0.05, 0) is 87.1 Å². The third-order valence-corrected chi connectivity index (χ3v) is 8.23. The van der Waals surface area contributed by atoms with Crippen molar-refractivity contribution in [2.24, 2.45) is 29.6 Å². The number of benzene rings is 1. The van der Waals surface area contributed by atoms with Crippen molar-refractivity contribution in [3.8, 4) is 11.1 Å². The Hall–Kier alpha value is -2.67. The van der Waals surface area contributed by atoms with E-state index in [9.17, 15) is 23.1 Å². The smallest absolute Gasteiger partial charge is 0.416 e. The van der Waals surface area contributed by atoms with Gasteiger partial charge in [-0.1, -0.05) is 24.3 Å². The monoisotopic (exact) mass is 485 g/mol. The molecule has 4 nitrogen and oxygen atoms in total. The molecule has 2 heterocycles. The third-order valence-electron chi connectivity index (χ3n) is 8.23. The van der Waals surface area contributed by atoms with Crippen molar-refractivity contribution in [2.75, 3.05) is 0 Å². The number of rotatable bonds is 3. The standard InChI is InChI=1S/C28H30F3NO3/c1-16-25-23(22-10-11-27(2,34)14-19(22)13-24(25)26(33)35-16)9-8-21-7-6-18(15-32-21)17-4-3-5-20(12-17)28(29,30)31/h3-9,12,15-16,19,22-25,34H,10-11,13-14H2,1-2H3/b9-8+/t16-,19?,22?,23?,24?,25?,27?/m1/s1. The minimum atomic E-state index is -4.39. The van der Waals surface area contributed by atoms with Gasteiger partial charge in [-0.15, -0.1) is 0 Å². The molecule has 0 amide bonds. The number of hydrogen-bond acceptors (Lipinski definition) is 4. The van der Waals surface area contributed by atoms with Crippen LogP contribution in [0.1, 0.15) is 50.8 Å². The highest BCUT2D eigenvalue weighted by Gasteiger charge is 2.55. The van der Waals surface area contributed by atoms with Gasteiger partial charge < -0.3 is 9.84 Å². The molecule has 2 aromatic rings. The lowest BCUT2D eigenvalue weighted by molar-refractivity contribution is -0.145. The minimum Gasteiger partial charge on any atom is -0.462 e. The lowest BCUT2D eigenvalue weighted by Gasteiger charge is -2.49. The second-order valence-corrected chi connectivity index (χ2v) is 10.7. The van der Waals surface area contributed by atoms with Crippen molar-refractivity contribution < 1.29 is 27.8 Å². The van der Waals surface area contributed by atoms with Crippen LogP contribution >= 0.6 is 0 Å². The van der Waals surface area contributed by atoms with Crippen LogP contribution in [-0.4, -0.2) is 27.8 Å². The first-order chi connectivity index (χ1) is 16.5. The zero-order valence-corrected chi connectivity index (χ0v) is 19.8.